The highest BCUT2D eigenvalue weighted by Gasteiger charge is 2.12. The zero-order valence-corrected chi connectivity index (χ0v) is 12.8. The number of hydrogen-bond donors (Lipinski definition) is 1. The van der Waals surface area contributed by atoms with Gasteiger partial charge in [-0.1, -0.05) is 23.7 Å². The Morgan fingerprint density at radius 2 is 2.11 bits per heavy atom. The predicted octanol–water partition coefficient (Wildman–Crippen LogP) is 4.60. The fraction of sp³-hybridized carbons (Fsp3) is 0. The molecule has 0 amide bonds. The Bertz CT molecular complexity index is 735. The van der Waals surface area contributed by atoms with Crippen LogP contribution in [0, 0.1) is 0 Å². The van der Waals surface area contributed by atoms with Gasteiger partial charge in [0.1, 0.15) is 5.69 Å². The summed E-state index contributed by atoms with van der Waals surface area (Å²) in [5, 5.41) is 6.48. The number of nitrogens with two attached hydrogens (primary N) is 1. The van der Waals surface area contributed by atoms with Gasteiger partial charge < -0.3 is 5.73 Å². The van der Waals surface area contributed by atoms with E-state index in [1.54, 1.807) is 10.9 Å². The monoisotopic (exact) mass is 353 g/mol. The highest BCUT2D eigenvalue weighted by molar-refractivity contribution is 9.10. The number of anilines is 1. The minimum absolute atomic E-state index is 0.630. The summed E-state index contributed by atoms with van der Waals surface area (Å²) < 4.78 is 3.46. The van der Waals surface area contributed by atoms with Crippen LogP contribution >= 0.6 is 38.9 Å². The first-order chi connectivity index (χ1) is 9.15. The Hall–Kier alpha value is -1.30. The SMILES string of the molecule is Nc1cn(-c2ccccc2Br)nc1-c1csc(Cl)c1. The zero-order valence-electron chi connectivity index (χ0n) is 9.68. The van der Waals surface area contributed by atoms with Gasteiger partial charge in [-0.2, -0.15) is 5.10 Å². The molecule has 0 radical (unpaired) electrons. The van der Waals surface area contributed by atoms with Gasteiger partial charge in [0.2, 0.25) is 0 Å². The maximum absolute atomic E-state index is 6.03. The van der Waals surface area contributed by atoms with E-state index in [1.165, 1.54) is 11.3 Å². The van der Waals surface area contributed by atoms with E-state index < -0.39 is 0 Å². The first kappa shape index (κ1) is 12.7. The molecular formula is C13H9BrClN3S. The van der Waals surface area contributed by atoms with E-state index in [0.717, 1.165) is 25.8 Å². The van der Waals surface area contributed by atoms with Gasteiger partial charge in [-0.25, -0.2) is 4.68 Å². The lowest BCUT2D eigenvalue weighted by Gasteiger charge is -2.02. The van der Waals surface area contributed by atoms with Crippen molar-refractivity contribution in [3.8, 4) is 16.9 Å². The Balaban J connectivity index is 2.10. The Morgan fingerprint density at radius 3 is 2.79 bits per heavy atom. The molecule has 3 nitrogen and oxygen atoms in total. The number of thiophene rings is 1. The molecule has 0 aliphatic carbocycles. The van der Waals surface area contributed by atoms with Gasteiger partial charge in [0.25, 0.3) is 0 Å². The second kappa shape index (κ2) is 5.00. The van der Waals surface area contributed by atoms with Crippen LogP contribution in [-0.4, -0.2) is 9.78 Å². The topological polar surface area (TPSA) is 43.8 Å². The van der Waals surface area contributed by atoms with Crippen molar-refractivity contribution in [1.82, 2.24) is 9.78 Å². The summed E-state index contributed by atoms with van der Waals surface area (Å²) in [6, 6.07) is 9.73. The lowest BCUT2D eigenvalue weighted by atomic mass is 10.2. The van der Waals surface area contributed by atoms with Gasteiger partial charge in [0.15, 0.2) is 0 Å². The summed E-state index contributed by atoms with van der Waals surface area (Å²) in [6.45, 7) is 0. The average Bonchev–Trinajstić information content (AvgIpc) is 2.96. The third kappa shape index (κ3) is 2.41. The van der Waals surface area contributed by atoms with Crippen LogP contribution in [0.4, 0.5) is 5.69 Å². The lowest BCUT2D eigenvalue weighted by molar-refractivity contribution is 0.880. The van der Waals surface area contributed by atoms with Crippen molar-refractivity contribution in [2.45, 2.75) is 0 Å². The third-order valence-corrected chi connectivity index (χ3v) is 4.44. The maximum atomic E-state index is 6.03. The minimum atomic E-state index is 0.630. The number of benzene rings is 1. The molecule has 1 aromatic carbocycles. The molecule has 96 valence electrons. The fourth-order valence-electron chi connectivity index (χ4n) is 1.81. The zero-order chi connectivity index (χ0) is 13.4. The summed E-state index contributed by atoms with van der Waals surface area (Å²) in [5.41, 5.74) is 9.30. The molecule has 0 aliphatic rings. The van der Waals surface area contributed by atoms with Crippen LogP contribution in [0.2, 0.25) is 4.34 Å². The van der Waals surface area contributed by atoms with Gasteiger partial charge in [0, 0.05) is 15.4 Å². The maximum Gasteiger partial charge on any atom is 0.117 e. The van der Waals surface area contributed by atoms with Crippen LogP contribution in [0.3, 0.4) is 0 Å². The molecule has 0 saturated heterocycles. The molecule has 3 rings (SSSR count). The minimum Gasteiger partial charge on any atom is -0.396 e. The summed E-state index contributed by atoms with van der Waals surface area (Å²) in [6.07, 6.45) is 1.81. The Labute approximate surface area is 127 Å². The second-order valence-corrected chi connectivity index (χ2v) is 6.37. The molecule has 0 spiro atoms. The van der Waals surface area contributed by atoms with Crippen LogP contribution in [0.25, 0.3) is 16.9 Å². The largest absolute Gasteiger partial charge is 0.396 e. The van der Waals surface area contributed by atoms with Gasteiger partial charge in [-0.3, -0.25) is 0 Å². The number of halogens is 2. The van der Waals surface area contributed by atoms with E-state index in [0.29, 0.717) is 5.69 Å². The van der Waals surface area contributed by atoms with Crippen LogP contribution < -0.4 is 5.73 Å². The van der Waals surface area contributed by atoms with Crippen molar-refractivity contribution in [2.75, 3.05) is 5.73 Å². The van der Waals surface area contributed by atoms with E-state index in [9.17, 15) is 0 Å². The second-order valence-electron chi connectivity index (χ2n) is 3.97. The van der Waals surface area contributed by atoms with Crippen molar-refractivity contribution < 1.29 is 0 Å². The summed E-state index contributed by atoms with van der Waals surface area (Å²) >= 11 is 10.9. The number of nitrogens with zero attached hydrogens (tertiary/aromatic N) is 2. The number of para-hydroxylation sites is 1. The molecule has 3 aromatic rings. The van der Waals surface area contributed by atoms with Crippen LogP contribution in [0.15, 0.2) is 46.4 Å². The fourth-order valence-corrected chi connectivity index (χ4v) is 3.14. The normalized spacial score (nSPS) is 10.8. The summed E-state index contributed by atoms with van der Waals surface area (Å²) in [5.74, 6) is 0. The highest BCUT2D eigenvalue weighted by atomic mass is 79.9. The van der Waals surface area contributed by atoms with Crippen LogP contribution in [0.1, 0.15) is 0 Å². The average molecular weight is 355 g/mol. The van der Waals surface area contributed by atoms with E-state index in [-0.39, 0.29) is 0 Å². The van der Waals surface area contributed by atoms with E-state index in [2.05, 4.69) is 21.0 Å². The standard InChI is InChI=1S/C13H9BrClN3S/c14-9-3-1-2-4-11(9)18-6-10(16)13(17-18)8-5-12(15)19-7-8/h1-7H,16H2. The smallest absolute Gasteiger partial charge is 0.117 e. The molecule has 0 unspecified atom stereocenters. The van der Waals surface area contributed by atoms with Gasteiger partial charge in [-0.15, -0.1) is 11.3 Å². The first-order valence-electron chi connectivity index (χ1n) is 5.49. The number of aromatic nitrogens is 2. The van der Waals surface area contributed by atoms with Gasteiger partial charge in [0.05, 0.1) is 21.9 Å². The molecule has 0 saturated carbocycles. The van der Waals surface area contributed by atoms with Crippen LogP contribution in [0.5, 0.6) is 0 Å². The van der Waals surface area contributed by atoms with Crippen molar-refractivity contribution in [2.24, 2.45) is 0 Å². The molecule has 2 N–H and O–H groups in total. The van der Waals surface area contributed by atoms with Crippen LogP contribution in [-0.2, 0) is 0 Å². The van der Waals surface area contributed by atoms with E-state index in [4.69, 9.17) is 17.3 Å². The molecule has 0 aliphatic heterocycles. The highest BCUT2D eigenvalue weighted by Crippen LogP contribution is 2.32. The summed E-state index contributed by atoms with van der Waals surface area (Å²) in [4.78, 5) is 0. The molecular weight excluding hydrogens is 346 g/mol. The molecule has 19 heavy (non-hydrogen) atoms. The van der Waals surface area contributed by atoms with E-state index >= 15 is 0 Å². The number of rotatable bonds is 2. The van der Waals surface area contributed by atoms with Gasteiger partial charge in [-0.05, 0) is 34.1 Å². The van der Waals surface area contributed by atoms with Crippen molar-refractivity contribution >= 4 is 44.6 Å². The predicted molar refractivity (Wildman–Crippen MR) is 84.0 cm³/mol. The molecule has 6 heteroatoms. The number of hydrogen-bond acceptors (Lipinski definition) is 3. The molecule has 2 heterocycles. The molecule has 0 fully saturated rings. The molecule has 2 aromatic heterocycles. The van der Waals surface area contributed by atoms with Gasteiger partial charge >= 0.3 is 0 Å². The van der Waals surface area contributed by atoms with E-state index in [1.807, 2.05) is 35.7 Å². The molecule has 0 bridgehead atoms. The number of nitrogen functional groups attached to an aromatic ring is 1. The third-order valence-electron chi connectivity index (χ3n) is 2.68. The van der Waals surface area contributed by atoms with Crippen molar-refractivity contribution in [3.05, 3.63) is 50.7 Å². The Morgan fingerprint density at radius 1 is 1.32 bits per heavy atom. The van der Waals surface area contributed by atoms with Crippen molar-refractivity contribution in [1.29, 1.82) is 0 Å². The quantitative estimate of drug-likeness (QED) is 0.731. The molecule has 0 atom stereocenters. The Kier molecular flexibility index (Phi) is 3.35. The van der Waals surface area contributed by atoms with Crippen molar-refractivity contribution in [3.63, 3.8) is 0 Å². The summed E-state index contributed by atoms with van der Waals surface area (Å²) in [7, 11) is 0. The first-order valence-corrected chi connectivity index (χ1v) is 7.54. The lowest BCUT2D eigenvalue weighted by Crippen LogP contribution is -1.95.